The Hall–Kier alpha value is -1.80. The van der Waals surface area contributed by atoms with Crippen molar-refractivity contribution in [3.05, 3.63) is 29.6 Å². The average Bonchev–Trinajstić information content (AvgIpc) is 2.41. The molecule has 0 saturated heterocycles. The van der Waals surface area contributed by atoms with Crippen LogP contribution >= 0.6 is 0 Å². The highest BCUT2D eigenvalue weighted by Crippen LogP contribution is 2.19. The number of urea groups is 1. The number of ether oxygens (including phenoxy) is 2. The number of nitrogens with one attached hydrogen (secondary N) is 2. The quantitative estimate of drug-likeness (QED) is 0.646. The third kappa shape index (κ3) is 3.84. The van der Waals surface area contributed by atoms with Gasteiger partial charge in [0.1, 0.15) is 0 Å². The first kappa shape index (κ1) is 16.3. The molecule has 0 radical (unpaired) electrons. The third-order valence-corrected chi connectivity index (χ3v) is 2.52. The Labute approximate surface area is 114 Å². The number of anilines is 1. The van der Waals surface area contributed by atoms with Gasteiger partial charge in [-0.1, -0.05) is 0 Å². The van der Waals surface area contributed by atoms with Crippen LogP contribution in [0.15, 0.2) is 12.1 Å². The molecule has 20 heavy (non-hydrogen) atoms. The predicted octanol–water partition coefficient (Wildman–Crippen LogP) is 2.23. The van der Waals surface area contributed by atoms with Gasteiger partial charge in [0.25, 0.3) is 0 Å². The van der Waals surface area contributed by atoms with E-state index in [4.69, 9.17) is 9.47 Å². The summed E-state index contributed by atoms with van der Waals surface area (Å²) < 4.78 is 48.9. The molecule has 0 heterocycles. The summed E-state index contributed by atoms with van der Waals surface area (Å²) in [6, 6.07) is 0.284. The van der Waals surface area contributed by atoms with Crippen molar-refractivity contribution in [3.8, 4) is 0 Å². The maximum atomic E-state index is 13.3. The van der Waals surface area contributed by atoms with Crippen LogP contribution in [0.3, 0.4) is 0 Å². The Balaban J connectivity index is 2.70. The fourth-order valence-electron chi connectivity index (χ4n) is 1.56. The van der Waals surface area contributed by atoms with Crippen LogP contribution in [-0.2, 0) is 9.47 Å². The van der Waals surface area contributed by atoms with Crippen LogP contribution in [0.1, 0.15) is 6.92 Å². The zero-order valence-corrected chi connectivity index (χ0v) is 11.2. The molecule has 1 rings (SSSR count). The van der Waals surface area contributed by atoms with Crippen LogP contribution in [-0.4, -0.2) is 32.6 Å². The van der Waals surface area contributed by atoms with E-state index in [2.05, 4.69) is 10.6 Å². The van der Waals surface area contributed by atoms with Crippen LogP contribution in [0.5, 0.6) is 0 Å². The monoisotopic (exact) mass is 292 g/mol. The summed E-state index contributed by atoms with van der Waals surface area (Å²) in [5, 5.41) is 4.48. The molecule has 1 aromatic carbocycles. The normalized spacial score (nSPS) is 12.3. The van der Waals surface area contributed by atoms with Gasteiger partial charge < -0.3 is 20.1 Å². The lowest BCUT2D eigenvalue weighted by molar-refractivity contribution is -0.117. The van der Waals surface area contributed by atoms with Gasteiger partial charge in [-0.15, -0.1) is 0 Å². The van der Waals surface area contributed by atoms with Crippen LogP contribution in [0.2, 0.25) is 0 Å². The van der Waals surface area contributed by atoms with Crippen LogP contribution < -0.4 is 10.6 Å². The Kier molecular flexibility index (Phi) is 5.78. The highest BCUT2D eigenvalue weighted by Gasteiger charge is 2.20. The molecule has 0 aliphatic rings. The average molecular weight is 292 g/mol. The molecule has 0 aromatic heterocycles. The van der Waals surface area contributed by atoms with Crippen molar-refractivity contribution in [3.63, 3.8) is 0 Å². The highest BCUT2D eigenvalue weighted by atomic mass is 19.2. The van der Waals surface area contributed by atoms with Gasteiger partial charge in [0.15, 0.2) is 23.7 Å². The third-order valence-electron chi connectivity index (χ3n) is 2.52. The van der Waals surface area contributed by atoms with E-state index in [0.29, 0.717) is 6.07 Å². The van der Waals surface area contributed by atoms with Crippen molar-refractivity contribution >= 4 is 11.7 Å². The molecular formula is C12H15F3N2O3. The van der Waals surface area contributed by atoms with E-state index in [-0.39, 0.29) is 0 Å². The van der Waals surface area contributed by atoms with E-state index >= 15 is 0 Å². The predicted molar refractivity (Wildman–Crippen MR) is 65.7 cm³/mol. The van der Waals surface area contributed by atoms with E-state index in [1.54, 1.807) is 6.92 Å². The fraction of sp³-hybridized carbons (Fsp3) is 0.417. The van der Waals surface area contributed by atoms with E-state index in [1.165, 1.54) is 14.2 Å². The van der Waals surface area contributed by atoms with Crippen LogP contribution in [0, 0.1) is 17.5 Å². The number of carbonyl (C=O) groups excluding carboxylic acids is 1. The summed E-state index contributed by atoms with van der Waals surface area (Å²) in [5.41, 5.74) is -0.472. The minimum absolute atomic E-state index is 0.472. The Bertz CT molecular complexity index is 481. The molecular weight excluding hydrogens is 277 g/mol. The minimum Gasteiger partial charge on any atom is -0.354 e. The summed E-state index contributed by atoms with van der Waals surface area (Å²) in [5.74, 6) is -4.45. The van der Waals surface area contributed by atoms with E-state index in [9.17, 15) is 18.0 Å². The lowest BCUT2D eigenvalue weighted by atomic mass is 10.3. The van der Waals surface area contributed by atoms with Crippen molar-refractivity contribution in [2.24, 2.45) is 0 Å². The van der Waals surface area contributed by atoms with Gasteiger partial charge in [-0.3, -0.25) is 0 Å². The first-order valence-corrected chi connectivity index (χ1v) is 5.67. The molecule has 112 valence electrons. The largest absolute Gasteiger partial charge is 0.354 e. The maximum absolute atomic E-state index is 13.3. The number of benzene rings is 1. The molecule has 0 bridgehead atoms. The molecule has 1 atom stereocenters. The number of halogens is 3. The van der Waals surface area contributed by atoms with Gasteiger partial charge in [0, 0.05) is 14.2 Å². The number of methoxy groups -OCH3 is 2. The van der Waals surface area contributed by atoms with Gasteiger partial charge in [-0.2, -0.15) is 0 Å². The van der Waals surface area contributed by atoms with Gasteiger partial charge in [0.2, 0.25) is 0 Å². The van der Waals surface area contributed by atoms with Gasteiger partial charge in [-0.05, 0) is 19.1 Å². The minimum atomic E-state index is -1.65. The second-order valence-electron chi connectivity index (χ2n) is 3.95. The number of amides is 2. The smallest absolute Gasteiger partial charge is 0.319 e. The Morgan fingerprint density at radius 2 is 1.75 bits per heavy atom. The van der Waals surface area contributed by atoms with Gasteiger partial charge in [-0.25, -0.2) is 18.0 Å². The van der Waals surface area contributed by atoms with E-state index < -0.39 is 41.5 Å². The number of rotatable bonds is 5. The second-order valence-corrected chi connectivity index (χ2v) is 3.95. The zero-order valence-electron chi connectivity index (χ0n) is 11.2. The zero-order chi connectivity index (χ0) is 15.3. The maximum Gasteiger partial charge on any atom is 0.319 e. The number of hydrogen-bond donors (Lipinski definition) is 2. The SMILES string of the molecule is COC(OC)C(C)NC(=O)Nc1ccc(F)c(F)c1F. The summed E-state index contributed by atoms with van der Waals surface area (Å²) in [4.78, 5) is 11.6. The molecule has 2 amide bonds. The van der Waals surface area contributed by atoms with Crippen molar-refractivity contribution < 1.29 is 27.4 Å². The number of carbonyl (C=O) groups is 1. The van der Waals surface area contributed by atoms with Gasteiger partial charge >= 0.3 is 6.03 Å². The van der Waals surface area contributed by atoms with E-state index in [0.717, 1.165) is 6.07 Å². The molecule has 0 spiro atoms. The molecule has 2 N–H and O–H groups in total. The molecule has 1 unspecified atom stereocenters. The second kappa shape index (κ2) is 7.11. The summed E-state index contributed by atoms with van der Waals surface area (Å²) in [6.45, 7) is 1.60. The Morgan fingerprint density at radius 3 is 2.30 bits per heavy atom. The summed E-state index contributed by atoms with van der Waals surface area (Å²) >= 11 is 0. The van der Waals surface area contributed by atoms with Gasteiger partial charge in [0.05, 0.1) is 11.7 Å². The molecule has 0 saturated carbocycles. The first-order chi connectivity index (χ1) is 9.40. The van der Waals surface area contributed by atoms with Crippen molar-refractivity contribution in [1.29, 1.82) is 0 Å². The fourth-order valence-corrected chi connectivity index (χ4v) is 1.56. The van der Waals surface area contributed by atoms with Crippen molar-refractivity contribution in [2.45, 2.75) is 19.3 Å². The molecule has 0 fully saturated rings. The van der Waals surface area contributed by atoms with Crippen LogP contribution in [0.25, 0.3) is 0 Å². The van der Waals surface area contributed by atoms with Crippen molar-refractivity contribution in [2.75, 3.05) is 19.5 Å². The summed E-state index contributed by atoms with van der Waals surface area (Å²) in [6.07, 6.45) is -0.699. The first-order valence-electron chi connectivity index (χ1n) is 5.67. The molecule has 8 heteroatoms. The highest BCUT2D eigenvalue weighted by molar-refractivity contribution is 5.89. The molecule has 0 aliphatic heterocycles. The lowest BCUT2D eigenvalue weighted by Gasteiger charge is -2.22. The molecule has 0 aliphatic carbocycles. The van der Waals surface area contributed by atoms with E-state index in [1.807, 2.05) is 0 Å². The lowest BCUT2D eigenvalue weighted by Crippen LogP contribution is -2.44. The summed E-state index contributed by atoms with van der Waals surface area (Å²) in [7, 11) is 2.78. The standard InChI is InChI=1S/C12H15F3N2O3/c1-6(11(19-2)20-3)16-12(18)17-8-5-4-7(13)9(14)10(8)15/h4-6,11H,1-3H3,(H2,16,17,18). The molecule has 1 aromatic rings. The molecule has 5 nitrogen and oxygen atoms in total. The van der Waals surface area contributed by atoms with Crippen molar-refractivity contribution in [1.82, 2.24) is 5.32 Å². The van der Waals surface area contributed by atoms with Crippen LogP contribution in [0.4, 0.5) is 23.7 Å². The Morgan fingerprint density at radius 1 is 1.15 bits per heavy atom. The number of hydrogen-bond acceptors (Lipinski definition) is 3. The topological polar surface area (TPSA) is 59.6 Å².